The summed E-state index contributed by atoms with van der Waals surface area (Å²) in [5.74, 6) is -0.321. The second-order valence-corrected chi connectivity index (χ2v) is 11.3. The highest BCUT2D eigenvalue weighted by Gasteiger charge is 2.27. The van der Waals surface area contributed by atoms with Crippen molar-refractivity contribution >= 4 is 29.1 Å². The van der Waals surface area contributed by atoms with Crippen LogP contribution in [0.3, 0.4) is 0 Å². The molecule has 4 rings (SSSR count). The number of aromatic carboxylic acids is 1. The number of thioether (sulfide) groups is 1. The summed E-state index contributed by atoms with van der Waals surface area (Å²) in [7, 11) is 1.63. The predicted molar refractivity (Wildman–Crippen MR) is 140 cm³/mol. The van der Waals surface area contributed by atoms with Gasteiger partial charge in [0.2, 0.25) is 5.13 Å². The number of aromatic nitrogens is 4. The summed E-state index contributed by atoms with van der Waals surface area (Å²) in [5.41, 5.74) is 5.88. The van der Waals surface area contributed by atoms with Gasteiger partial charge >= 0.3 is 5.97 Å². The zero-order chi connectivity index (χ0) is 25.3. The number of rotatable bonds is 8. The second-order valence-electron chi connectivity index (χ2n) is 8.50. The van der Waals surface area contributed by atoms with Crippen LogP contribution in [0.15, 0.2) is 40.6 Å². The summed E-state index contributed by atoms with van der Waals surface area (Å²) in [5, 5.41) is 15.7. The maximum Gasteiger partial charge on any atom is 0.355 e. The van der Waals surface area contributed by atoms with Crippen LogP contribution >= 0.6 is 23.1 Å². The largest absolute Gasteiger partial charge is 0.496 e. The molecule has 0 aliphatic rings. The number of carbonyl (C=O) groups is 1. The Hall–Kier alpha value is -3.17. The summed E-state index contributed by atoms with van der Waals surface area (Å²) >= 11 is 3.13. The van der Waals surface area contributed by atoms with Gasteiger partial charge in [0.05, 0.1) is 17.0 Å². The summed E-state index contributed by atoms with van der Waals surface area (Å²) in [6, 6.07) is 11.7. The minimum atomic E-state index is -1.04. The number of carboxylic acid groups (broad SMARTS) is 1. The van der Waals surface area contributed by atoms with E-state index in [1.54, 1.807) is 18.9 Å². The summed E-state index contributed by atoms with van der Waals surface area (Å²) in [4.78, 5) is 21.9. The van der Waals surface area contributed by atoms with Gasteiger partial charge in [-0.05, 0) is 44.5 Å². The van der Waals surface area contributed by atoms with Crippen molar-refractivity contribution in [3.8, 4) is 22.1 Å². The van der Waals surface area contributed by atoms with E-state index in [0.29, 0.717) is 33.8 Å². The van der Waals surface area contributed by atoms with Gasteiger partial charge in [-0.1, -0.05) is 43.4 Å². The molecule has 0 saturated heterocycles. The Morgan fingerprint density at radius 3 is 2.51 bits per heavy atom. The molecule has 0 spiro atoms. The van der Waals surface area contributed by atoms with Gasteiger partial charge in [-0.2, -0.15) is 9.78 Å². The molecule has 0 atom stereocenters. The van der Waals surface area contributed by atoms with Gasteiger partial charge in [0, 0.05) is 34.2 Å². The Morgan fingerprint density at radius 1 is 1.11 bits per heavy atom. The summed E-state index contributed by atoms with van der Waals surface area (Å²) in [6.07, 6.45) is 0.435. The van der Waals surface area contributed by atoms with E-state index in [1.807, 2.05) is 57.2 Å². The number of aryl methyl sites for hydroxylation is 3. The maximum absolute atomic E-state index is 12.5. The molecule has 7 nitrogen and oxygen atoms in total. The Bertz CT molecular complexity index is 1390. The second kappa shape index (κ2) is 10.2. The number of ether oxygens (including phenoxy) is 1. The fraction of sp³-hybridized carbons (Fsp3) is 0.308. The Labute approximate surface area is 213 Å². The normalized spacial score (nSPS) is 11.3. The lowest BCUT2D eigenvalue weighted by molar-refractivity contribution is 0.0686. The van der Waals surface area contributed by atoms with Crippen LogP contribution in [0, 0.1) is 20.8 Å². The van der Waals surface area contributed by atoms with E-state index in [4.69, 9.17) is 9.72 Å². The highest BCUT2D eigenvalue weighted by molar-refractivity contribution is 8.01. The number of methoxy groups -OCH3 is 1. The molecule has 0 radical (unpaired) electrons. The van der Waals surface area contributed by atoms with Crippen LogP contribution in [-0.2, 0) is 6.42 Å². The molecular formula is C26H28N4O3S2. The molecule has 9 heteroatoms. The van der Waals surface area contributed by atoms with Gasteiger partial charge in [0.15, 0.2) is 5.69 Å². The number of hydrogen-bond acceptors (Lipinski definition) is 7. The van der Waals surface area contributed by atoms with Crippen molar-refractivity contribution in [2.45, 2.75) is 50.5 Å². The Kier molecular flexibility index (Phi) is 7.28. The van der Waals surface area contributed by atoms with Gasteiger partial charge < -0.3 is 9.84 Å². The SMILES string of the molecule is COc1ccccc1-c1nc(-n2nc(C)c(Cc3ccc(C)nc3C)c2C(=O)O)sc1SC(C)C. The molecular weight excluding hydrogens is 480 g/mol. The monoisotopic (exact) mass is 508 g/mol. The standard InChI is InChI=1S/C26H28N4O3S2/c1-14(2)34-25-22(19-9-7-8-10-21(19)33-6)28-26(35-25)30-23(24(31)32)20(17(5)29-30)13-18-12-11-15(3)27-16(18)4/h7-12,14H,13H2,1-6H3,(H,31,32). The van der Waals surface area contributed by atoms with Gasteiger partial charge in [0.1, 0.15) is 11.4 Å². The van der Waals surface area contributed by atoms with Crippen LogP contribution in [-0.4, -0.2) is 43.2 Å². The molecule has 3 heterocycles. The number of nitrogens with zero attached hydrogens (tertiary/aromatic N) is 4. The first kappa shape index (κ1) is 24.9. The van der Waals surface area contributed by atoms with Crippen molar-refractivity contribution in [1.29, 1.82) is 0 Å². The molecule has 0 saturated carbocycles. The molecule has 182 valence electrons. The van der Waals surface area contributed by atoms with Gasteiger partial charge in [-0.3, -0.25) is 4.98 Å². The molecule has 1 aromatic carbocycles. The average molecular weight is 509 g/mol. The minimum absolute atomic E-state index is 0.129. The third-order valence-corrected chi connectivity index (χ3v) is 7.80. The van der Waals surface area contributed by atoms with Crippen molar-refractivity contribution in [1.82, 2.24) is 19.7 Å². The van der Waals surface area contributed by atoms with E-state index in [0.717, 1.165) is 32.4 Å². The lowest BCUT2D eigenvalue weighted by Gasteiger charge is -2.08. The predicted octanol–water partition coefficient (Wildman–Crippen LogP) is 6.11. The van der Waals surface area contributed by atoms with Crippen LogP contribution in [0.5, 0.6) is 5.75 Å². The number of para-hydroxylation sites is 1. The third kappa shape index (κ3) is 5.11. The lowest BCUT2D eigenvalue weighted by atomic mass is 10.0. The molecule has 3 aromatic heterocycles. The van der Waals surface area contributed by atoms with E-state index in [1.165, 1.54) is 16.0 Å². The third-order valence-electron chi connectivity index (χ3n) is 5.56. The number of benzene rings is 1. The van der Waals surface area contributed by atoms with E-state index in [2.05, 4.69) is 23.9 Å². The van der Waals surface area contributed by atoms with Crippen LogP contribution < -0.4 is 4.74 Å². The molecule has 0 bridgehead atoms. The molecule has 35 heavy (non-hydrogen) atoms. The highest BCUT2D eigenvalue weighted by Crippen LogP contribution is 2.42. The van der Waals surface area contributed by atoms with Crippen molar-refractivity contribution in [2.75, 3.05) is 7.11 Å². The molecule has 0 aliphatic heterocycles. The van der Waals surface area contributed by atoms with Crippen molar-refractivity contribution in [2.24, 2.45) is 0 Å². The fourth-order valence-electron chi connectivity index (χ4n) is 3.91. The Balaban J connectivity index is 1.86. The molecule has 0 fully saturated rings. The molecule has 0 amide bonds. The van der Waals surface area contributed by atoms with Crippen LogP contribution in [0.25, 0.3) is 16.4 Å². The van der Waals surface area contributed by atoms with E-state index < -0.39 is 5.97 Å². The first-order valence-electron chi connectivity index (χ1n) is 11.3. The van der Waals surface area contributed by atoms with Crippen molar-refractivity contribution < 1.29 is 14.6 Å². The van der Waals surface area contributed by atoms with Gasteiger partial charge in [-0.25, -0.2) is 9.78 Å². The smallest absolute Gasteiger partial charge is 0.355 e. The number of carboxylic acids is 1. The number of thiazole rings is 1. The quantitative estimate of drug-likeness (QED) is 0.287. The number of hydrogen-bond donors (Lipinski definition) is 1. The summed E-state index contributed by atoms with van der Waals surface area (Å²) in [6.45, 7) is 9.96. The van der Waals surface area contributed by atoms with Gasteiger partial charge in [0.25, 0.3) is 0 Å². The average Bonchev–Trinajstić information content (AvgIpc) is 3.36. The number of pyridine rings is 1. The van der Waals surface area contributed by atoms with Gasteiger partial charge in [-0.15, -0.1) is 11.8 Å². The van der Waals surface area contributed by atoms with Crippen LogP contribution in [0.2, 0.25) is 0 Å². The molecule has 4 aromatic rings. The fourth-order valence-corrected chi connectivity index (χ4v) is 6.37. The molecule has 1 N–H and O–H groups in total. The van der Waals surface area contributed by atoms with Crippen molar-refractivity contribution in [3.05, 3.63) is 70.3 Å². The molecule has 0 unspecified atom stereocenters. The molecule has 0 aliphatic carbocycles. The first-order valence-corrected chi connectivity index (χ1v) is 12.9. The minimum Gasteiger partial charge on any atom is -0.496 e. The van der Waals surface area contributed by atoms with E-state index >= 15 is 0 Å². The van der Waals surface area contributed by atoms with Crippen LogP contribution in [0.1, 0.15) is 52.5 Å². The first-order chi connectivity index (χ1) is 16.7. The zero-order valence-corrected chi connectivity index (χ0v) is 22.3. The lowest BCUT2D eigenvalue weighted by Crippen LogP contribution is -2.10. The Morgan fingerprint density at radius 2 is 1.86 bits per heavy atom. The topological polar surface area (TPSA) is 90.1 Å². The zero-order valence-electron chi connectivity index (χ0n) is 20.6. The summed E-state index contributed by atoms with van der Waals surface area (Å²) < 4.78 is 8.04. The highest BCUT2D eigenvalue weighted by atomic mass is 32.2. The van der Waals surface area contributed by atoms with E-state index in [9.17, 15) is 9.90 Å². The van der Waals surface area contributed by atoms with E-state index in [-0.39, 0.29) is 5.69 Å². The van der Waals surface area contributed by atoms with Crippen molar-refractivity contribution in [3.63, 3.8) is 0 Å². The van der Waals surface area contributed by atoms with Crippen LogP contribution in [0.4, 0.5) is 0 Å². The maximum atomic E-state index is 12.5.